The topological polar surface area (TPSA) is 76.0 Å². The Morgan fingerprint density at radius 1 is 1.29 bits per heavy atom. The van der Waals surface area contributed by atoms with Gasteiger partial charge >= 0.3 is 7.82 Å². The highest BCUT2D eigenvalue weighted by molar-refractivity contribution is 7.46. The van der Waals surface area contributed by atoms with Crippen LogP contribution in [0.25, 0.3) is 0 Å². The van der Waals surface area contributed by atoms with Crippen molar-refractivity contribution in [1.82, 2.24) is 0 Å². The van der Waals surface area contributed by atoms with E-state index in [0.29, 0.717) is 5.75 Å². The molecule has 0 aliphatic carbocycles. The standard InChI is InChI=1S/C8H11O5P/c1-7-2-4-8(5-3-7)12-6-13-14(9,10)11/h2-5H,6H2,1H3,(H2,9,10,11). The lowest BCUT2D eigenvalue weighted by Crippen LogP contribution is -2.00. The van der Waals surface area contributed by atoms with Crippen LogP contribution in [-0.2, 0) is 9.09 Å². The molecule has 0 amide bonds. The van der Waals surface area contributed by atoms with Gasteiger partial charge in [-0.2, -0.15) is 0 Å². The van der Waals surface area contributed by atoms with E-state index in [2.05, 4.69) is 4.52 Å². The summed E-state index contributed by atoms with van der Waals surface area (Å²) >= 11 is 0. The van der Waals surface area contributed by atoms with Gasteiger partial charge in [-0.05, 0) is 19.1 Å². The summed E-state index contributed by atoms with van der Waals surface area (Å²) in [5, 5.41) is 0. The van der Waals surface area contributed by atoms with E-state index in [0.717, 1.165) is 5.56 Å². The lowest BCUT2D eigenvalue weighted by molar-refractivity contribution is 0.0829. The van der Waals surface area contributed by atoms with Crippen molar-refractivity contribution in [3.05, 3.63) is 29.8 Å². The lowest BCUT2D eigenvalue weighted by atomic mass is 10.2. The second-order valence-electron chi connectivity index (χ2n) is 2.69. The Labute approximate surface area is 81.5 Å². The largest absolute Gasteiger partial charge is 0.472 e. The number of aryl methyl sites for hydroxylation is 1. The van der Waals surface area contributed by atoms with E-state index >= 15 is 0 Å². The van der Waals surface area contributed by atoms with E-state index in [-0.39, 0.29) is 0 Å². The van der Waals surface area contributed by atoms with Crippen molar-refractivity contribution in [3.8, 4) is 5.75 Å². The summed E-state index contributed by atoms with van der Waals surface area (Å²) in [6, 6.07) is 7.04. The van der Waals surface area contributed by atoms with E-state index in [9.17, 15) is 4.57 Å². The van der Waals surface area contributed by atoms with Gasteiger partial charge in [0.15, 0.2) is 6.79 Å². The minimum atomic E-state index is -4.44. The summed E-state index contributed by atoms with van der Waals surface area (Å²) in [6.45, 7) is 1.46. The van der Waals surface area contributed by atoms with Gasteiger partial charge in [-0.1, -0.05) is 17.7 Å². The number of phosphoric ester groups is 1. The van der Waals surface area contributed by atoms with Crippen LogP contribution >= 0.6 is 7.82 Å². The van der Waals surface area contributed by atoms with Crippen molar-refractivity contribution >= 4 is 7.82 Å². The highest BCUT2D eigenvalue weighted by Gasteiger charge is 2.13. The second kappa shape index (κ2) is 4.57. The maximum Gasteiger partial charge on any atom is 0.472 e. The van der Waals surface area contributed by atoms with Crippen LogP contribution in [0.1, 0.15) is 5.56 Å². The molecule has 0 saturated carbocycles. The first-order chi connectivity index (χ1) is 6.47. The molecule has 14 heavy (non-hydrogen) atoms. The summed E-state index contributed by atoms with van der Waals surface area (Å²) < 4.78 is 19.3. The SMILES string of the molecule is Cc1ccc(OCOP(=O)(O)O)cc1. The highest BCUT2D eigenvalue weighted by Crippen LogP contribution is 2.35. The third kappa shape index (κ3) is 4.39. The average Bonchev–Trinajstić information content (AvgIpc) is 2.06. The van der Waals surface area contributed by atoms with Gasteiger partial charge in [0.25, 0.3) is 0 Å². The third-order valence-electron chi connectivity index (χ3n) is 1.47. The zero-order chi connectivity index (χ0) is 10.6. The van der Waals surface area contributed by atoms with Crippen molar-refractivity contribution < 1.29 is 23.6 Å². The second-order valence-corrected chi connectivity index (χ2v) is 3.93. The Morgan fingerprint density at radius 2 is 1.86 bits per heavy atom. The van der Waals surface area contributed by atoms with Crippen LogP contribution in [0, 0.1) is 6.92 Å². The van der Waals surface area contributed by atoms with Crippen molar-refractivity contribution in [1.29, 1.82) is 0 Å². The Morgan fingerprint density at radius 3 is 2.36 bits per heavy atom. The van der Waals surface area contributed by atoms with Crippen LogP contribution in [0.4, 0.5) is 0 Å². The summed E-state index contributed by atoms with van der Waals surface area (Å²) in [7, 11) is -4.44. The molecule has 0 fully saturated rings. The van der Waals surface area contributed by atoms with Crippen molar-refractivity contribution in [2.45, 2.75) is 6.92 Å². The van der Waals surface area contributed by atoms with Crippen LogP contribution in [0.3, 0.4) is 0 Å². The van der Waals surface area contributed by atoms with E-state index in [1.54, 1.807) is 12.1 Å². The number of hydrogen-bond donors (Lipinski definition) is 2. The first-order valence-electron chi connectivity index (χ1n) is 3.87. The van der Waals surface area contributed by atoms with Gasteiger partial charge in [0, 0.05) is 0 Å². The first-order valence-corrected chi connectivity index (χ1v) is 5.40. The summed E-state index contributed by atoms with van der Waals surface area (Å²) in [5.74, 6) is 0.504. The molecule has 0 aliphatic rings. The average molecular weight is 218 g/mol. The molecule has 0 radical (unpaired) electrons. The quantitative estimate of drug-likeness (QED) is 0.590. The Hall–Kier alpha value is -0.870. The summed E-state index contributed by atoms with van der Waals surface area (Å²) in [5.41, 5.74) is 1.08. The molecule has 5 nitrogen and oxygen atoms in total. The third-order valence-corrected chi connectivity index (χ3v) is 1.91. The van der Waals surface area contributed by atoms with Gasteiger partial charge in [-0.3, -0.25) is 0 Å². The molecule has 0 unspecified atom stereocenters. The fraction of sp³-hybridized carbons (Fsp3) is 0.250. The zero-order valence-corrected chi connectivity index (χ0v) is 8.48. The van der Waals surface area contributed by atoms with Gasteiger partial charge < -0.3 is 14.5 Å². The van der Waals surface area contributed by atoms with Gasteiger partial charge in [-0.15, -0.1) is 0 Å². The maximum absolute atomic E-state index is 10.3. The Kier molecular flexibility index (Phi) is 3.66. The van der Waals surface area contributed by atoms with Gasteiger partial charge in [-0.25, -0.2) is 9.09 Å². The number of ether oxygens (including phenoxy) is 1. The maximum atomic E-state index is 10.3. The van der Waals surface area contributed by atoms with Gasteiger partial charge in [0.1, 0.15) is 5.75 Å². The minimum Gasteiger partial charge on any atom is -0.467 e. The molecule has 0 heterocycles. The zero-order valence-electron chi connectivity index (χ0n) is 7.58. The lowest BCUT2D eigenvalue weighted by Gasteiger charge is -2.07. The van der Waals surface area contributed by atoms with Crippen molar-refractivity contribution in [2.24, 2.45) is 0 Å². The monoisotopic (exact) mass is 218 g/mol. The molecule has 0 aliphatic heterocycles. The molecular formula is C8H11O5P. The Balaban J connectivity index is 2.39. The molecule has 1 rings (SSSR count). The molecule has 1 aromatic rings. The highest BCUT2D eigenvalue weighted by atomic mass is 31.2. The van der Waals surface area contributed by atoms with E-state index < -0.39 is 14.6 Å². The summed E-state index contributed by atoms with van der Waals surface area (Å²) in [4.78, 5) is 16.7. The van der Waals surface area contributed by atoms with Crippen LogP contribution in [0.2, 0.25) is 0 Å². The predicted molar refractivity (Wildman–Crippen MR) is 49.8 cm³/mol. The number of hydrogen-bond acceptors (Lipinski definition) is 3. The first kappa shape index (κ1) is 11.2. The molecule has 0 bridgehead atoms. The minimum absolute atomic E-state index is 0.465. The molecule has 0 spiro atoms. The molecule has 6 heteroatoms. The fourth-order valence-corrected chi connectivity index (χ4v) is 0.988. The molecule has 0 atom stereocenters. The molecule has 2 N–H and O–H groups in total. The van der Waals surface area contributed by atoms with E-state index in [4.69, 9.17) is 14.5 Å². The summed E-state index contributed by atoms with van der Waals surface area (Å²) in [6.07, 6.45) is 0. The van der Waals surface area contributed by atoms with Crippen LogP contribution in [0.15, 0.2) is 24.3 Å². The molecule has 1 aromatic carbocycles. The predicted octanol–water partition coefficient (Wildman–Crippen LogP) is 1.44. The molecule has 0 saturated heterocycles. The number of rotatable bonds is 4. The van der Waals surface area contributed by atoms with Crippen LogP contribution in [-0.4, -0.2) is 16.6 Å². The molecule has 78 valence electrons. The van der Waals surface area contributed by atoms with Crippen LogP contribution < -0.4 is 4.74 Å². The molecule has 0 aromatic heterocycles. The van der Waals surface area contributed by atoms with Crippen molar-refractivity contribution in [3.63, 3.8) is 0 Å². The van der Waals surface area contributed by atoms with Gasteiger partial charge in [0.2, 0.25) is 0 Å². The molecular weight excluding hydrogens is 207 g/mol. The van der Waals surface area contributed by atoms with E-state index in [1.807, 2.05) is 19.1 Å². The normalized spacial score (nSPS) is 11.4. The van der Waals surface area contributed by atoms with Gasteiger partial charge in [0.05, 0.1) is 0 Å². The number of phosphoric acid groups is 1. The van der Waals surface area contributed by atoms with Crippen molar-refractivity contribution in [2.75, 3.05) is 6.79 Å². The smallest absolute Gasteiger partial charge is 0.467 e. The van der Waals surface area contributed by atoms with E-state index in [1.165, 1.54) is 0 Å². The number of benzene rings is 1. The fourth-order valence-electron chi connectivity index (χ4n) is 0.798. The van der Waals surface area contributed by atoms with Crippen LogP contribution in [0.5, 0.6) is 5.75 Å². The Bertz CT molecular complexity index is 328.